The Morgan fingerprint density at radius 3 is 2.81 bits per heavy atom. The van der Waals surface area contributed by atoms with E-state index in [9.17, 15) is 0 Å². The molecule has 0 radical (unpaired) electrons. The molecule has 0 N–H and O–H groups in total. The van der Waals surface area contributed by atoms with Gasteiger partial charge in [0.15, 0.2) is 5.82 Å². The van der Waals surface area contributed by atoms with Gasteiger partial charge in [0, 0.05) is 11.6 Å². The smallest absolute Gasteiger partial charge is 0.155 e. The molecular formula is C17H22N4. The molecular weight excluding hydrogens is 260 g/mol. The number of rotatable bonds is 2. The summed E-state index contributed by atoms with van der Waals surface area (Å²) in [6.45, 7) is 4.01. The molecule has 2 heterocycles. The standard InChI is InChI=1S/C17H22N4/c1-11-5-3-8-16(18-11)21-17(19-12(2)20-21)15-10-9-13-6-4-7-14(13)15/h3,5,8,13-15H,4,6-7,9-10H2,1-2H3/t13-,14-,15-/m0/s1. The Balaban J connectivity index is 1.76. The molecule has 0 spiro atoms. The number of aryl methyl sites for hydroxylation is 2. The maximum Gasteiger partial charge on any atom is 0.155 e. The maximum atomic E-state index is 4.77. The van der Waals surface area contributed by atoms with Gasteiger partial charge in [0.05, 0.1) is 0 Å². The fourth-order valence-corrected chi connectivity index (χ4v) is 4.37. The lowest BCUT2D eigenvalue weighted by Crippen LogP contribution is -2.14. The summed E-state index contributed by atoms with van der Waals surface area (Å²) in [6, 6.07) is 6.10. The van der Waals surface area contributed by atoms with E-state index in [0.29, 0.717) is 5.92 Å². The molecule has 0 bridgehead atoms. The predicted octanol–water partition coefficient (Wildman–Crippen LogP) is 3.57. The highest BCUT2D eigenvalue weighted by molar-refractivity contribution is 5.26. The second-order valence-corrected chi connectivity index (χ2v) is 6.60. The molecule has 2 aromatic rings. The molecule has 3 atom stereocenters. The van der Waals surface area contributed by atoms with Crippen molar-refractivity contribution in [3.05, 3.63) is 35.5 Å². The number of pyridine rings is 1. The van der Waals surface area contributed by atoms with Gasteiger partial charge in [0.25, 0.3) is 0 Å². The first kappa shape index (κ1) is 13.0. The Hall–Kier alpha value is -1.71. The summed E-state index contributed by atoms with van der Waals surface area (Å²) in [7, 11) is 0. The second-order valence-electron chi connectivity index (χ2n) is 6.60. The largest absolute Gasteiger partial charge is 0.234 e. The summed E-state index contributed by atoms with van der Waals surface area (Å²) in [5.41, 5.74) is 1.02. The Kier molecular flexibility index (Phi) is 3.05. The molecule has 2 aliphatic carbocycles. The number of aromatic nitrogens is 4. The van der Waals surface area contributed by atoms with Crippen LogP contribution in [0.1, 0.15) is 55.4 Å². The first-order valence-corrected chi connectivity index (χ1v) is 8.10. The first-order chi connectivity index (χ1) is 10.2. The van der Waals surface area contributed by atoms with Gasteiger partial charge in [-0.05, 0) is 57.1 Å². The number of hydrogen-bond donors (Lipinski definition) is 0. The molecule has 2 saturated carbocycles. The van der Waals surface area contributed by atoms with Gasteiger partial charge in [-0.1, -0.05) is 18.9 Å². The van der Waals surface area contributed by atoms with Crippen molar-refractivity contribution in [3.63, 3.8) is 0 Å². The predicted molar refractivity (Wildman–Crippen MR) is 81.4 cm³/mol. The average Bonchev–Trinajstić information content (AvgIpc) is 3.13. The van der Waals surface area contributed by atoms with Crippen LogP contribution in [0.2, 0.25) is 0 Å². The van der Waals surface area contributed by atoms with Crippen molar-refractivity contribution in [3.8, 4) is 5.82 Å². The zero-order chi connectivity index (χ0) is 14.4. The zero-order valence-corrected chi connectivity index (χ0v) is 12.8. The van der Waals surface area contributed by atoms with Crippen LogP contribution in [-0.2, 0) is 0 Å². The fraction of sp³-hybridized carbons (Fsp3) is 0.588. The van der Waals surface area contributed by atoms with Crippen LogP contribution in [0.25, 0.3) is 5.82 Å². The Morgan fingerprint density at radius 2 is 1.95 bits per heavy atom. The van der Waals surface area contributed by atoms with Gasteiger partial charge in [-0.15, -0.1) is 5.10 Å². The van der Waals surface area contributed by atoms with Gasteiger partial charge in [0.1, 0.15) is 11.6 Å². The molecule has 110 valence electrons. The second kappa shape index (κ2) is 4.93. The zero-order valence-electron chi connectivity index (χ0n) is 12.8. The topological polar surface area (TPSA) is 43.6 Å². The highest BCUT2D eigenvalue weighted by atomic mass is 15.4. The van der Waals surface area contributed by atoms with E-state index in [1.54, 1.807) is 0 Å². The van der Waals surface area contributed by atoms with Crippen LogP contribution >= 0.6 is 0 Å². The third-order valence-electron chi connectivity index (χ3n) is 5.24. The molecule has 21 heavy (non-hydrogen) atoms. The van der Waals surface area contributed by atoms with E-state index in [2.05, 4.69) is 10.1 Å². The van der Waals surface area contributed by atoms with E-state index in [1.807, 2.05) is 36.7 Å². The van der Waals surface area contributed by atoms with Gasteiger partial charge in [-0.2, -0.15) is 4.68 Å². The van der Waals surface area contributed by atoms with Crippen LogP contribution < -0.4 is 0 Å². The van der Waals surface area contributed by atoms with E-state index in [-0.39, 0.29) is 0 Å². The van der Waals surface area contributed by atoms with Crippen molar-refractivity contribution >= 4 is 0 Å². The first-order valence-electron chi connectivity index (χ1n) is 8.10. The minimum Gasteiger partial charge on any atom is -0.234 e. The lowest BCUT2D eigenvalue weighted by molar-refractivity contribution is 0.407. The van der Waals surface area contributed by atoms with E-state index < -0.39 is 0 Å². The molecule has 0 unspecified atom stereocenters. The van der Waals surface area contributed by atoms with Crippen LogP contribution in [0.5, 0.6) is 0 Å². The molecule has 0 saturated heterocycles. The van der Waals surface area contributed by atoms with Crippen molar-refractivity contribution in [1.29, 1.82) is 0 Å². The highest BCUT2D eigenvalue weighted by Gasteiger charge is 2.42. The van der Waals surface area contributed by atoms with E-state index in [0.717, 1.165) is 35.0 Å². The lowest BCUT2D eigenvalue weighted by Gasteiger charge is -2.18. The van der Waals surface area contributed by atoms with Gasteiger partial charge < -0.3 is 0 Å². The molecule has 0 aliphatic heterocycles. The van der Waals surface area contributed by atoms with Crippen molar-refractivity contribution in [2.75, 3.05) is 0 Å². The van der Waals surface area contributed by atoms with Gasteiger partial charge in [0.2, 0.25) is 0 Å². The van der Waals surface area contributed by atoms with Gasteiger partial charge in [-0.3, -0.25) is 0 Å². The molecule has 2 aliphatic rings. The fourth-order valence-electron chi connectivity index (χ4n) is 4.37. The number of hydrogen-bond acceptors (Lipinski definition) is 3. The summed E-state index contributed by atoms with van der Waals surface area (Å²) in [5, 5.41) is 4.62. The normalized spacial score (nSPS) is 28.0. The quantitative estimate of drug-likeness (QED) is 0.845. The van der Waals surface area contributed by atoms with Crippen LogP contribution in [0.15, 0.2) is 18.2 Å². The van der Waals surface area contributed by atoms with Crippen molar-refractivity contribution in [2.45, 2.75) is 51.9 Å². The van der Waals surface area contributed by atoms with Crippen LogP contribution in [0.4, 0.5) is 0 Å². The molecule has 2 fully saturated rings. The summed E-state index contributed by atoms with van der Waals surface area (Å²) in [6.07, 6.45) is 6.79. The van der Waals surface area contributed by atoms with Crippen molar-refractivity contribution in [1.82, 2.24) is 19.7 Å². The third-order valence-corrected chi connectivity index (χ3v) is 5.24. The van der Waals surface area contributed by atoms with Crippen molar-refractivity contribution < 1.29 is 0 Å². The molecule has 0 aromatic carbocycles. The highest BCUT2D eigenvalue weighted by Crippen LogP contribution is 2.51. The van der Waals surface area contributed by atoms with Crippen LogP contribution in [0.3, 0.4) is 0 Å². The SMILES string of the molecule is Cc1cccc(-n2nc(C)nc2[C@H]2CC[C@@H]3CCC[C@@H]32)n1. The Morgan fingerprint density at radius 1 is 1.05 bits per heavy atom. The van der Waals surface area contributed by atoms with E-state index in [4.69, 9.17) is 4.98 Å². The molecule has 4 heteroatoms. The van der Waals surface area contributed by atoms with E-state index in [1.165, 1.54) is 32.1 Å². The van der Waals surface area contributed by atoms with Crippen molar-refractivity contribution in [2.24, 2.45) is 11.8 Å². The van der Waals surface area contributed by atoms with Gasteiger partial charge in [-0.25, -0.2) is 9.97 Å². The minimum atomic E-state index is 0.570. The average molecular weight is 282 g/mol. The lowest BCUT2D eigenvalue weighted by atomic mass is 9.91. The summed E-state index contributed by atoms with van der Waals surface area (Å²) in [5.74, 6) is 5.21. The van der Waals surface area contributed by atoms with Gasteiger partial charge >= 0.3 is 0 Å². The van der Waals surface area contributed by atoms with Crippen LogP contribution in [-0.4, -0.2) is 19.7 Å². The summed E-state index contributed by atoms with van der Waals surface area (Å²) in [4.78, 5) is 9.41. The van der Waals surface area contributed by atoms with E-state index >= 15 is 0 Å². The molecule has 4 rings (SSSR count). The number of fused-ring (bicyclic) bond motifs is 1. The Bertz CT molecular complexity index is 661. The molecule has 2 aromatic heterocycles. The Labute approximate surface area is 125 Å². The summed E-state index contributed by atoms with van der Waals surface area (Å²) >= 11 is 0. The third kappa shape index (κ3) is 2.17. The number of nitrogens with zero attached hydrogens (tertiary/aromatic N) is 4. The minimum absolute atomic E-state index is 0.570. The van der Waals surface area contributed by atoms with Crippen LogP contribution in [0, 0.1) is 25.7 Å². The maximum absolute atomic E-state index is 4.77. The molecule has 0 amide bonds. The summed E-state index contributed by atoms with van der Waals surface area (Å²) < 4.78 is 1.99. The molecule has 4 nitrogen and oxygen atoms in total. The monoisotopic (exact) mass is 282 g/mol.